The molecule has 17 heavy (non-hydrogen) atoms. The standard InChI is InChI=1S/C15H16N2/c1-15(10-6-3-7-11-15)14-16-12-8-4-5-9-13(12)17(14)2/h3-10H,11H2,1-2H3. The summed E-state index contributed by atoms with van der Waals surface area (Å²) in [5.74, 6) is 1.14. The van der Waals surface area contributed by atoms with Crippen molar-refractivity contribution >= 4 is 11.0 Å². The number of aromatic nitrogens is 2. The molecule has 1 aromatic carbocycles. The van der Waals surface area contributed by atoms with E-state index in [1.807, 2.05) is 6.07 Å². The minimum atomic E-state index is 0.0164. The van der Waals surface area contributed by atoms with E-state index in [0.717, 1.165) is 17.8 Å². The molecule has 1 heterocycles. The van der Waals surface area contributed by atoms with E-state index in [-0.39, 0.29) is 5.41 Å². The fourth-order valence-corrected chi connectivity index (χ4v) is 2.55. The van der Waals surface area contributed by atoms with Crippen LogP contribution in [-0.4, -0.2) is 9.55 Å². The molecule has 0 bridgehead atoms. The predicted molar refractivity (Wildman–Crippen MR) is 71.0 cm³/mol. The van der Waals surface area contributed by atoms with E-state index in [1.165, 1.54) is 5.52 Å². The largest absolute Gasteiger partial charge is 0.330 e. The van der Waals surface area contributed by atoms with E-state index in [0.29, 0.717) is 0 Å². The molecule has 0 N–H and O–H groups in total. The Bertz CT molecular complexity index is 619. The molecule has 86 valence electrons. The van der Waals surface area contributed by atoms with Crippen LogP contribution in [0.25, 0.3) is 11.0 Å². The topological polar surface area (TPSA) is 17.8 Å². The Balaban J connectivity index is 2.21. The molecule has 3 rings (SSSR count). The predicted octanol–water partition coefficient (Wildman–Crippen LogP) is 3.35. The molecule has 2 aromatic rings. The minimum absolute atomic E-state index is 0.0164. The van der Waals surface area contributed by atoms with Gasteiger partial charge in [-0.25, -0.2) is 4.98 Å². The number of nitrogens with zero attached hydrogens (tertiary/aromatic N) is 2. The van der Waals surface area contributed by atoms with E-state index >= 15 is 0 Å². The third-order valence-electron chi connectivity index (χ3n) is 3.55. The van der Waals surface area contributed by atoms with Gasteiger partial charge in [0.25, 0.3) is 0 Å². The monoisotopic (exact) mass is 224 g/mol. The molecule has 2 heteroatoms. The lowest BCUT2D eigenvalue weighted by Gasteiger charge is -2.25. The normalized spacial score (nSPS) is 23.4. The number of imidazole rings is 1. The summed E-state index contributed by atoms with van der Waals surface area (Å²) >= 11 is 0. The van der Waals surface area contributed by atoms with E-state index in [4.69, 9.17) is 4.98 Å². The third kappa shape index (κ3) is 1.52. The van der Waals surface area contributed by atoms with Gasteiger partial charge in [-0.15, -0.1) is 0 Å². The number of aryl methyl sites for hydroxylation is 1. The number of rotatable bonds is 1. The van der Waals surface area contributed by atoms with Gasteiger partial charge >= 0.3 is 0 Å². The average molecular weight is 224 g/mol. The van der Waals surface area contributed by atoms with Crippen LogP contribution in [0.1, 0.15) is 19.2 Å². The summed E-state index contributed by atoms with van der Waals surface area (Å²) in [5, 5.41) is 0. The van der Waals surface area contributed by atoms with Crippen molar-refractivity contribution in [2.45, 2.75) is 18.8 Å². The van der Waals surface area contributed by atoms with E-state index < -0.39 is 0 Å². The maximum Gasteiger partial charge on any atom is 0.119 e. The Morgan fingerprint density at radius 3 is 2.76 bits per heavy atom. The Morgan fingerprint density at radius 2 is 2.06 bits per heavy atom. The number of hydrogen-bond donors (Lipinski definition) is 0. The Hall–Kier alpha value is -1.83. The highest BCUT2D eigenvalue weighted by Crippen LogP contribution is 2.32. The van der Waals surface area contributed by atoms with Crippen molar-refractivity contribution in [1.29, 1.82) is 0 Å². The van der Waals surface area contributed by atoms with E-state index in [1.54, 1.807) is 0 Å². The molecule has 0 spiro atoms. The number of fused-ring (bicyclic) bond motifs is 1. The lowest BCUT2D eigenvalue weighted by atomic mass is 9.83. The van der Waals surface area contributed by atoms with Crippen LogP contribution in [0.2, 0.25) is 0 Å². The van der Waals surface area contributed by atoms with Crippen molar-refractivity contribution in [3.05, 3.63) is 54.4 Å². The molecule has 1 aromatic heterocycles. The molecule has 2 nitrogen and oxygen atoms in total. The first kappa shape index (κ1) is 10.3. The molecule has 1 atom stereocenters. The number of benzene rings is 1. The molecular weight excluding hydrogens is 208 g/mol. The van der Waals surface area contributed by atoms with Crippen LogP contribution in [0, 0.1) is 0 Å². The van der Waals surface area contributed by atoms with Crippen LogP contribution in [0.3, 0.4) is 0 Å². The lowest BCUT2D eigenvalue weighted by molar-refractivity contribution is 0.537. The van der Waals surface area contributed by atoms with Gasteiger partial charge in [0.2, 0.25) is 0 Å². The van der Waals surface area contributed by atoms with Crippen LogP contribution in [-0.2, 0) is 12.5 Å². The number of allylic oxidation sites excluding steroid dienone is 4. The van der Waals surface area contributed by atoms with Crippen molar-refractivity contribution in [3.8, 4) is 0 Å². The second-order valence-electron chi connectivity index (χ2n) is 4.89. The van der Waals surface area contributed by atoms with Crippen LogP contribution in [0.5, 0.6) is 0 Å². The van der Waals surface area contributed by atoms with Crippen molar-refractivity contribution in [1.82, 2.24) is 9.55 Å². The first-order chi connectivity index (χ1) is 8.21. The van der Waals surface area contributed by atoms with Crippen LogP contribution in [0.4, 0.5) is 0 Å². The first-order valence-electron chi connectivity index (χ1n) is 5.97. The van der Waals surface area contributed by atoms with Gasteiger partial charge in [-0.1, -0.05) is 36.4 Å². The van der Waals surface area contributed by atoms with Crippen LogP contribution in [0.15, 0.2) is 48.6 Å². The van der Waals surface area contributed by atoms with Gasteiger partial charge < -0.3 is 4.57 Å². The van der Waals surface area contributed by atoms with E-state index in [9.17, 15) is 0 Å². The maximum atomic E-state index is 4.79. The molecule has 0 saturated heterocycles. The molecule has 0 aliphatic heterocycles. The SMILES string of the molecule is Cn1c(C2(C)C=CC=CC2)nc2ccccc21. The zero-order chi connectivity index (χ0) is 11.9. The fraction of sp³-hybridized carbons (Fsp3) is 0.267. The third-order valence-corrected chi connectivity index (χ3v) is 3.55. The Morgan fingerprint density at radius 1 is 1.24 bits per heavy atom. The Kier molecular flexibility index (Phi) is 2.18. The molecule has 0 amide bonds. The Labute approximate surface area is 101 Å². The van der Waals surface area contributed by atoms with Gasteiger partial charge in [-0.05, 0) is 25.5 Å². The molecule has 1 aliphatic rings. The lowest BCUT2D eigenvalue weighted by Crippen LogP contribution is -2.23. The van der Waals surface area contributed by atoms with Crippen molar-refractivity contribution < 1.29 is 0 Å². The van der Waals surface area contributed by atoms with Gasteiger partial charge in [0, 0.05) is 12.5 Å². The summed E-state index contributed by atoms with van der Waals surface area (Å²) < 4.78 is 2.21. The second kappa shape index (κ2) is 3.59. The summed E-state index contributed by atoms with van der Waals surface area (Å²) in [5.41, 5.74) is 2.29. The molecule has 0 fully saturated rings. The summed E-state index contributed by atoms with van der Waals surface area (Å²) in [6, 6.07) is 8.30. The second-order valence-corrected chi connectivity index (χ2v) is 4.89. The number of hydrogen-bond acceptors (Lipinski definition) is 1. The fourth-order valence-electron chi connectivity index (χ4n) is 2.55. The van der Waals surface area contributed by atoms with Crippen LogP contribution >= 0.6 is 0 Å². The molecule has 1 unspecified atom stereocenters. The van der Waals surface area contributed by atoms with Gasteiger partial charge in [0.05, 0.1) is 11.0 Å². The highest BCUT2D eigenvalue weighted by molar-refractivity contribution is 5.76. The smallest absolute Gasteiger partial charge is 0.119 e. The summed E-state index contributed by atoms with van der Waals surface area (Å²) in [7, 11) is 2.10. The summed E-state index contributed by atoms with van der Waals surface area (Å²) in [6.45, 7) is 2.24. The average Bonchev–Trinajstić information content (AvgIpc) is 2.69. The summed E-state index contributed by atoms with van der Waals surface area (Å²) in [4.78, 5) is 4.79. The zero-order valence-electron chi connectivity index (χ0n) is 10.2. The molecule has 0 radical (unpaired) electrons. The first-order valence-corrected chi connectivity index (χ1v) is 5.97. The van der Waals surface area contributed by atoms with Gasteiger partial charge in [0.15, 0.2) is 0 Å². The van der Waals surface area contributed by atoms with Crippen molar-refractivity contribution in [2.24, 2.45) is 7.05 Å². The highest BCUT2D eigenvalue weighted by atomic mass is 15.1. The van der Waals surface area contributed by atoms with E-state index in [2.05, 4.69) is 61.0 Å². The minimum Gasteiger partial charge on any atom is -0.330 e. The van der Waals surface area contributed by atoms with Crippen LogP contribution < -0.4 is 0 Å². The number of para-hydroxylation sites is 2. The van der Waals surface area contributed by atoms with Gasteiger partial charge in [0.1, 0.15) is 5.82 Å². The molecular formula is C15H16N2. The van der Waals surface area contributed by atoms with Gasteiger partial charge in [-0.3, -0.25) is 0 Å². The maximum absolute atomic E-state index is 4.79. The van der Waals surface area contributed by atoms with Gasteiger partial charge in [-0.2, -0.15) is 0 Å². The molecule has 0 saturated carbocycles. The van der Waals surface area contributed by atoms with Crippen molar-refractivity contribution in [2.75, 3.05) is 0 Å². The summed E-state index contributed by atoms with van der Waals surface area (Å²) in [6.07, 6.45) is 9.68. The quantitative estimate of drug-likeness (QED) is 0.726. The van der Waals surface area contributed by atoms with Crippen molar-refractivity contribution in [3.63, 3.8) is 0 Å². The highest BCUT2D eigenvalue weighted by Gasteiger charge is 2.28. The molecule has 1 aliphatic carbocycles. The zero-order valence-corrected chi connectivity index (χ0v) is 10.2.